The molecule has 2 N–H and O–H groups in total. The molecule has 0 aromatic heterocycles. The number of methoxy groups -OCH3 is 1. The Labute approximate surface area is 103 Å². The molecule has 0 aliphatic rings. The number of rotatable bonds is 3. The zero-order valence-corrected chi connectivity index (χ0v) is 11.0. The number of hydrogen-bond donors (Lipinski definition) is 1. The van der Waals surface area contributed by atoms with E-state index in [9.17, 15) is 4.79 Å². The number of hydrogen-bond acceptors (Lipinski definition) is 3. The van der Waals surface area contributed by atoms with E-state index in [1.807, 2.05) is 12.1 Å². The minimum atomic E-state index is -0.301. The van der Waals surface area contributed by atoms with E-state index in [-0.39, 0.29) is 23.8 Å². The largest absolute Gasteiger partial charge is 0.469 e. The molecule has 0 aliphatic carbocycles. The van der Waals surface area contributed by atoms with E-state index in [2.05, 4.69) is 37.6 Å². The number of esters is 1. The molecule has 3 nitrogen and oxygen atoms in total. The number of benzene rings is 1. The summed E-state index contributed by atoms with van der Waals surface area (Å²) < 4.78 is 4.62. The predicted molar refractivity (Wildman–Crippen MR) is 68.7 cm³/mol. The molecule has 1 aromatic rings. The van der Waals surface area contributed by atoms with Crippen LogP contribution in [0.3, 0.4) is 0 Å². The molecule has 0 radical (unpaired) electrons. The zero-order chi connectivity index (χ0) is 13.1. The topological polar surface area (TPSA) is 52.3 Å². The van der Waals surface area contributed by atoms with Crippen LogP contribution in [0, 0.1) is 0 Å². The monoisotopic (exact) mass is 235 g/mol. The zero-order valence-electron chi connectivity index (χ0n) is 11.0. The Hall–Kier alpha value is -1.35. The first-order valence-electron chi connectivity index (χ1n) is 5.77. The van der Waals surface area contributed by atoms with E-state index >= 15 is 0 Å². The van der Waals surface area contributed by atoms with Crippen LogP contribution >= 0.6 is 0 Å². The van der Waals surface area contributed by atoms with Gasteiger partial charge in [-0.3, -0.25) is 4.79 Å². The van der Waals surface area contributed by atoms with Crippen molar-refractivity contribution in [3.8, 4) is 0 Å². The second-order valence-corrected chi connectivity index (χ2v) is 5.26. The molecule has 1 unspecified atom stereocenters. The van der Waals surface area contributed by atoms with Crippen LogP contribution < -0.4 is 5.73 Å². The SMILES string of the molecule is COC(=O)CC(N)c1cccc(C(C)(C)C)c1. The summed E-state index contributed by atoms with van der Waals surface area (Å²) in [7, 11) is 1.38. The van der Waals surface area contributed by atoms with Crippen molar-refractivity contribution in [2.75, 3.05) is 7.11 Å². The van der Waals surface area contributed by atoms with Crippen LogP contribution in [-0.2, 0) is 14.9 Å². The van der Waals surface area contributed by atoms with Crippen LogP contribution in [0.2, 0.25) is 0 Å². The molecular formula is C14H21NO2. The molecule has 0 heterocycles. The van der Waals surface area contributed by atoms with Crippen molar-refractivity contribution in [2.45, 2.75) is 38.6 Å². The third-order valence-corrected chi connectivity index (χ3v) is 2.80. The Bertz CT molecular complexity index is 393. The second kappa shape index (κ2) is 5.32. The minimum Gasteiger partial charge on any atom is -0.469 e. The van der Waals surface area contributed by atoms with Gasteiger partial charge in [0.25, 0.3) is 0 Å². The third kappa shape index (κ3) is 3.86. The molecular weight excluding hydrogens is 214 g/mol. The molecule has 0 saturated carbocycles. The van der Waals surface area contributed by atoms with E-state index in [1.165, 1.54) is 12.7 Å². The normalized spacial score (nSPS) is 13.2. The van der Waals surface area contributed by atoms with Gasteiger partial charge in [0, 0.05) is 6.04 Å². The van der Waals surface area contributed by atoms with Crippen molar-refractivity contribution in [1.29, 1.82) is 0 Å². The molecule has 0 aliphatic heterocycles. The van der Waals surface area contributed by atoms with Gasteiger partial charge in [-0.25, -0.2) is 0 Å². The summed E-state index contributed by atoms with van der Waals surface area (Å²) in [5.74, 6) is -0.279. The molecule has 17 heavy (non-hydrogen) atoms. The maximum absolute atomic E-state index is 11.2. The van der Waals surface area contributed by atoms with Crippen LogP contribution in [-0.4, -0.2) is 13.1 Å². The fraction of sp³-hybridized carbons (Fsp3) is 0.500. The molecule has 94 valence electrons. The highest BCUT2D eigenvalue weighted by molar-refractivity contribution is 5.70. The van der Waals surface area contributed by atoms with E-state index in [0.29, 0.717) is 0 Å². The number of carbonyl (C=O) groups is 1. The van der Waals surface area contributed by atoms with Gasteiger partial charge in [-0.2, -0.15) is 0 Å². The average Bonchev–Trinajstić information content (AvgIpc) is 2.28. The first kappa shape index (κ1) is 13.7. The van der Waals surface area contributed by atoms with Gasteiger partial charge in [0.1, 0.15) is 0 Å². The van der Waals surface area contributed by atoms with Gasteiger partial charge in [0.15, 0.2) is 0 Å². The lowest BCUT2D eigenvalue weighted by Gasteiger charge is -2.21. The molecule has 1 rings (SSSR count). The molecule has 1 aromatic carbocycles. The Morgan fingerprint density at radius 2 is 2.06 bits per heavy atom. The van der Waals surface area contributed by atoms with Gasteiger partial charge in [-0.05, 0) is 16.5 Å². The van der Waals surface area contributed by atoms with Crippen LogP contribution in [0.15, 0.2) is 24.3 Å². The molecule has 0 spiro atoms. The van der Waals surface area contributed by atoms with Crippen LogP contribution in [0.1, 0.15) is 44.4 Å². The first-order chi connectivity index (χ1) is 7.84. The lowest BCUT2D eigenvalue weighted by Crippen LogP contribution is -2.18. The molecule has 3 heteroatoms. The smallest absolute Gasteiger partial charge is 0.307 e. The number of ether oxygens (including phenoxy) is 1. The van der Waals surface area contributed by atoms with Crippen LogP contribution in [0.25, 0.3) is 0 Å². The fourth-order valence-electron chi connectivity index (χ4n) is 1.62. The Morgan fingerprint density at radius 1 is 1.41 bits per heavy atom. The summed E-state index contributed by atoms with van der Waals surface area (Å²) >= 11 is 0. The Kier molecular flexibility index (Phi) is 4.29. The Morgan fingerprint density at radius 3 is 2.59 bits per heavy atom. The highest BCUT2D eigenvalue weighted by atomic mass is 16.5. The van der Waals surface area contributed by atoms with Crippen molar-refractivity contribution in [3.05, 3.63) is 35.4 Å². The fourth-order valence-corrected chi connectivity index (χ4v) is 1.62. The predicted octanol–water partition coefficient (Wildman–Crippen LogP) is 2.55. The van der Waals surface area contributed by atoms with Crippen LogP contribution in [0.5, 0.6) is 0 Å². The van der Waals surface area contributed by atoms with Gasteiger partial charge >= 0.3 is 5.97 Å². The van der Waals surface area contributed by atoms with Crippen molar-refractivity contribution in [1.82, 2.24) is 0 Å². The number of carbonyl (C=O) groups excluding carboxylic acids is 1. The maximum atomic E-state index is 11.2. The van der Waals surface area contributed by atoms with Gasteiger partial charge < -0.3 is 10.5 Å². The first-order valence-corrected chi connectivity index (χ1v) is 5.77. The molecule has 0 saturated heterocycles. The lowest BCUT2D eigenvalue weighted by molar-refractivity contribution is -0.141. The lowest BCUT2D eigenvalue weighted by atomic mass is 9.85. The molecule has 1 atom stereocenters. The van der Waals surface area contributed by atoms with E-state index in [1.54, 1.807) is 0 Å². The second-order valence-electron chi connectivity index (χ2n) is 5.26. The van der Waals surface area contributed by atoms with Gasteiger partial charge in [0.05, 0.1) is 13.5 Å². The quantitative estimate of drug-likeness (QED) is 0.819. The van der Waals surface area contributed by atoms with Gasteiger partial charge in [-0.15, -0.1) is 0 Å². The molecule has 0 fully saturated rings. The highest BCUT2D eigenvalue weighted by Gasteiger charge is 2.17. The van der Waals surface area contributed by atoms with Gasteiger partial charge in [-0.1, -0.05) is 45.0 Å². The summed E-state index contributed by atoms with van der Waals surface area (Å²) in [4.78, 5) is 11.2. The van der Waals surface area contributed by atoms with Crippen molar-refractivity contribution >= 4 is 5.97 Å². The van der Waals surface area contributed by atoms with Crippen molar-refractivity contribution in [3.63, 3.8) is 0 Å². The summed E-state index contributed by atoms with van der Waals surface area (Å²) in [5.41, 5.74) is 8.26. The maximum Gasteiger partial charge on any atom is 0.307 e. The summed E-state index contributed by atoms with van der Waals surface area (Å²) in [6, 6.07) is 7.77. The van der Waals surface area contributed by atoms with Crippen molar-refractivity contribution in [2.24, 2.45) is 5.73 Å². The summed E-state index contributed by atoms with van der Waals surface area (Å²) in [6.07, 6.45) is 0.212. The standard InChI is InChI=1S/C14H21NO2/c1-14(2,3)11-7-5-6-10(8-11)12(15)9-13(16)17-4/h5-8,12H,9,15H2,1-4H3. The highest BCUT2D eigenvalue weighted by Crippen LogP contribution is 2.25. The minimum absolute atomic E-state index is 0.0843. The molecule has 0 bridgehead atoms. The molecule has 0 amide bonds. The average molecular weight is 235 g/mol. The van der Waals surface area contributed by atoms with Crippen molar-refractivity contribution < 1.29 is 9.53 Å². The number of nitrogens with two attached hydrogens (primary N) is 1. The summed E-state index contributed by atoms with van der Waals surface area (Å²) in [6.45, 7) is 6.45. The Balaban J connectivity index is 2.88. The summed E-state index contributed by atoms with van der Waals surface area (Å²) in [5, 5.41) is 0. The third-order valence-electron chi connectivity index (χ3n) is 2.80. The van der Waals surface area contributed by atoms with E-state index < -0.39 is 0 Å². The van der Waals surface area contributed by atoms with Crippen LogP contribution in [0.4, 0.5) is 0 Å². The van der Waals surface area contributed by atoms with E-state index in [4.69, 9.17) is 5.73 Å². The van der Waals surface area contributed by atoms with Gasteiger partial charge in [0.2, 0.25) is 0 Å². The van der Waals surface area contributed by atoms with E-state index in [0.717, 1.165) is 5.56 Å².